The summed E-state index contributed by atoms with van der Waals surface area (Å²) in [5.74, 6) is 0. The Morgan fingerprint density at radius 3 is 1.48 bits per heavy atom. The zero-order valence-corrected chi connectivity index (χ0v) is 35.0. The molecule has 298 valence electrons. The highest BCUT2D eigenvalue weighted by Crippen LogP contribution is 2.46. The van der Waals surface area contributed by atoms with Gasteiger partial charge in [-0.3, -0.25) is 0 Å². The lowest BCUT2D eigenvalue weighted by atomic mass is 9.91. The summed E-state index contributed by atoms with van der Waals surface area (Å²) in [6.45, 7) is 0. The molecular formula is C62H40N2. The van der Waals surface area contributed by atoms with Crippen molar-refractivity contribution >= 4 is 82.0 Å². The molecule has 2 heteroatoms. The number of para-hydroxylation sites is 1. The third kappa shape index (κ3) is 5.73. The fraction of sp³-hybridized carbons (Fsp3) is 0. The molecule has 0 aliphatic rings. The first-order chi connectivity index (χ1) is 31.7. The predicted molar refractivity (Wildman–Crippen MR) is 273 cm³/mol. The molecule has 0 N–H and O–H groups in total. The highest BCUT2D eigenvalue weighted by atomic mass is 15.1. The quantitative estimate of drug-likeness (QED) is 0.146. The normalized spacial score (nSPS) is 11.8. The van der Waals surface area contributed by atoms with Gasteiger partial charge in [0.1, 0.15) is 0 Å². The van der Waals surface area contributed by atoms with E-state index in [1.165, 1.54) is 98.3 Å². The molecule has 64 heavy (non-hydrogen) atoms. The maximum absolute atomic E-state index is 2.47. The molecule has 0 bridgehead atoms. The summed E-state index contributed by atoms with van der Waals surface area (Å²) in [4.78, 5) is 2.41. The van der Waals surface area contributed by atoms with Gasteiger partial charge in [0, 0.05) is 33.2 Å². The van der Waals surface area contributed by atoms with Gasteiger partial charge >= 0.3 is 0 Å². The van der Waals surface area contributed by atoms with E-state index >= 15 is 0 Å². The average molecular weight is 813 g/mol. The van der Waals surface area contributed by atoms with Gasteiger partial charge in [-0.1, -0.05) is 188 Å². The lowest BCUT2D eigenvalue weighted by Gasteiger charge is -2.27. The molecule has 1 aromatic heterocycles. The summed E-state index contributed by atoms with van der Waals surface area (Å²) in [5, 5.41) is 12.8. The van der Waals surface area contributed by atoms with E-state index in [0.29, 0.717) is 0 Å². The molecule has 0 atom stereocenters. The van der Waals surface area contributed by atoms with Crippen molar-refractivity contribution in [3.63, 3.8) is 0 Å². The van der Waals surface area contributed by atoms with Crippen molar-refractivity contribution in [2.24, 2.45) is 0 Å². The highest BCUT2D eigenvalue weighted by molar-refractivity contribution is 6.33. The highest BCUT2D eigenvalue weighted by Gasteiger charge is 2.21. The molecule has 13 rings (SSSR count). The number of fused-ring (bicyclic) bond motifs is 5. The molecule has 0 fully saturated rings. The molecule has 0 spiro atoms. The van der Waals surface area contributed by atoms with Gasteiger partial charge in [0.05, 0.1) is 16.7 Å². The molecule has 0 saturated heterocycles. The smallest absolute Gasteiger partial charge is 0.0553 e. The van der Waals surface area contributed by atoms with Crippen LogP contribution in [0.2, 0.25) is 0 Å². The van der Waals surface area contributed by atoms with Crippen LogP contribution in [0.25, 0.3) is 104 Å². The molecular weight excluding hydrogens is 773 g/mol. The summed E-state index contributed by atoms with van der Waals surface area (Å²) in [7, 11) is 0. The largest absolute Gasteiger partial charge is 0.310 e. The summed E-state index contributed by atoms with van der Waals surface area (Å²) in [5.41, 5.74) is 14.1. The minimum Gasteiger partial charge on any atom is -0.310 e. The molecule has 0 amide bonds. The van der Waals surface area contributed by atoms with E-state index in [1.54, 1.807) is 0 Å². The Kier molecular flexibility index (Phi) is 8.25. The number of aromatic nitrogens is 1. The molecule has 13 aromatic rings. The topological polar surface area (TPSA) is 8.17 Å². The van der Waals surface area contributed by atoms with Crippen LogP contribution >= 0.6 is 0 Å². The van der Waals surface area contributed by atoms with Crippen molar-refractivity contribution in [1.82, 2.24) is 4.57 Å². The van der Waals surface area contributed by atoms with Crippen molar-refractivity contribution in [2.45, 2.75) is 0 Å². The molecule has 0 radical (unpaired) electrons. The van der Waals surface area contributed by atoms with E-state index in [-0.39, 0.29) is 0 Å². The van der Waals surface area contributed by atoms with E-state index in [1.807, 2.05) is 0 Å². The second kappa shape index (κ2) is 14.6. The maximum atomic E-state index is 2.47. The molecule has 0 unspecified atom stereocenters. The Morgan fingerprint density at radius 1 is 0.281 bits per heavy atom. The van der Waals surface area contributed by atoms with Crippen LogP contribution in [0.4, 0.5) is 17.1 Å². The lowest BCUT2D eigenvalue weighted by molar-refractivity contribution is 1.18. The van der Waals surface area contributed by atoms with Crippen molar-refractivity contribution < 1.29 is 0 Å². The monoisotopic (exact) mass is 812 g/mol. The number of hydrogen-bond donors (Lipinski definition) is 0. The standard InChI is InChI=1S/C62H40N2/c1-4-13-41(14-5-1)43-27-33-50(34-28-43)63(51-35-29-44(30-36-51)42-15-6-2-7-16-42)57-24-12-22-53-52(21-11-23-54(53)57)47-32-37-55-58(39-47)64(49-19-8-3-9-20-49)59-40-48-26-25-45-17-10-18-46-31-38-56(62(55)59)61(48)60(45)46/h1-40H. The molecule has 0 aliphatic heterocycles. The van der Waals surface area contributed by atoms with E-state index in [9.17, 15) is 0 Å². The second-order valence-electron chi connectivity index (χ2n) is 16.9. The van der Waals surface area contributed by atoms with Crippen LogP contribution in [0, 0.1) is 0 Å². The zero-order valence-electron chi connectivity index (χ0n) is 35.0. The van der Waals surface area contributed by atoms with Crippen molar-refractivity contribution in [3.8, 4) is 39.1 Å². The first-order valence-corrected chi connectivity index (χ1v) is 22.1. The van der Waals surface area contributed by atoms with Gasteiger partial charge in [-0.25, -0.2) is 0 Å². The van der Waals surface area contributed by atoms with Crippen LogP contribution in [-0.4, -0.2) is 4.57 Å². The predicted octanol–water partition coefficient (Wildman–Crippen LogP) is 17.3. The third-order valence-electron chi connectivity index (χ3n) is 13.3. The lowest BCUT2D eigenvalue weighted by Crippen LogP contribution is -2.10. The van der Waals surface area contributed by atoms with Gasteiger partial charge in [0.25, 0.3) is 0 Å². The van der Waals surface area contributed by atoms with Gasteiger partial charge in [0.15, 0.2) is 0 Å². The van der Waals surface area contributed by atoms with Crippen LogP contribution in [0.5, 0.6) is 0 Å². The van der Waals surface area contributed by atoms with Gasteiger partial charge in [-0.15, -0.1) is 0 Å². The number of rotatable bonds is 7. The Bertz CT molecular complexity index is 3750. The van der Waals surface area contributed by atoms with E-state index < -0.39 is 0 Å². The number of nitrogens with zero attached hydrogens (tertiary/aromatic N) is 2. The molecule has 2 nitrogen and oxygen atoms in total. The third-order valence-corrected chi connectivity index (χ3v) is 13.3. The van der Waals surface area contributed by atoms with Gasteiger partial charge in [-0.05, 0) is 126 Å². The van der Waals surface area contributed by atoms with Crippen molar-refractivity contribution in [1.29, 1.82) is 0 Å². The maximum Gasteiger partial charge on any atom is 0.0553 e. The van der Waals surface area contributed by atoms with E-state index in [0.717, 1.165) is 22.7 Å². The first kappa shape index (κ1) is 36.2. The molecule has 12 aromatic carbocycles. The number of hydrogen-bond acceptors (Lipinski definition) is 1. The fourth-order valence-corrected chi connectivity index (χ4v) is 10.4. The van der Waals surface area contributed by atoms with E-state index in [2.05, 4.69) is 252 Å². The average Bonchev–Trinajstić information content (AvgIpc) is 3.70. The minimum atomic E-state index is 1.10. The van der Waals surface area contributed by atoms with Crippen molar-refractivity contribution in [2.75, 3.05) is 4.90 Å². The van der Waals surface area contributed by atoms with Crippen LogP contribution in [0.1, 0.15) is 0 Å². The van der Waals surface area contributed by atoms with Gasteiger partial charge < -0.3 is 9.47 Å². The fourth-order valence-electron chi connectivity index (χ4n) is 10.4. The molecule has 0 saturated carbocycles. The van der Waals surface area contributed by atoms with Crippen LogP contribution < -0.4 is 4.90 Å². The van der Waals surface area contributed by atoms with Crippen LogP contribution in [0.15, 0.2) is 243 Å². The van der Waals surface area contributed by atoms with Gasteiger partial charge in [-0.2, -0.15) is 0 Å². The summed E-state index contributed by atoms with van der Waals surface area (Å²) >= 11 is 0. The minimum absolute atomic E-state index is 1.10. The molecule has 1 heterocycles. The Labute approximate surface area is 371 Å². The van der Waals surface area contributed by atoms with Crippen LogP contribution in [-0.2, 0) is 0 Å². The number of anilines is 3. The molecule has 0 aliphatic carbocycles. The van der Waals surface area contributed by atoms with Crippen molar-refractivity contribution in [3.05, 3.63) is 243 Å². The summed E-state index contributed by atoms with van der Waals surface area (Å²) in [6.07, 6.45) is 0. The SMILES string of the molecule is c1ccc(-c2ccc(N(c3ccc(-c4ccccc4)cc3)c3cccc4c(-c5ccc6c7c8ccc9cccc%10ccc(cc7n(-c7ccccc7)c6c5)c8c%109)cccc34)cc2)cc1. The number of benzene rings is 12. The Morgan fingerprint density at radius 2 is 0.812 bits per heavy atom. The summed E-state index contributed by atoms with van der Waals surface area (Å²) < 4.78 is 2.47. The van der Waals surface area contributed by atoms with Crippen LogP contribution in [0.3, 0.4) is 0 Å². The summed E-state index contributed by atoms with van der Waals surface area (Å²) in [6, 6.07) is 88.9. The Hall–Kier alpha value is -8.46. The second-order valence-corrected chi connectivity index (χ2v) is 16.9. The zero-order chi connectivity index (χ0) is 42.1. The Balaban J connectivity index is 1.00. The first-order valence-electron chi connectivity index (χ1n) is 22.1. The van der Waals surface area contributed by atoms with E-state index in [4.69, 9.17) is 0 Å². The van der Waals surface area contributed by atoms with Gasteiger partial charge in [0.2, 0.25) is 0 Å².